The fourth-order valence-corrected chi connectivity index (χ4v) is 5.04. The zero-order chi connectivity index (χ0) is 21.4. The molecule has 2 fully saturated rings. The number of nitrogens with zero attached hydrogens (tertiary/aromatic N) is 6. The number of aryl methyl sites for hydroxylation is 1. The molecule has 0 atom stereocenters. The summed E-state index contributed by atoms with van der Waals surface area (Å²) in [7, 11) is 4.16. The molecule has 0 spiro atoms. The number of imidazole rings is 1. The molecule has 5 rings (SSSR count). The molecule has 2 saturated heterocycles. The Morgan fingerprint density at radius 1 is 1.06 bits per heavy atom. The number of nitrogens with one attached hydrogen (secondary N) is 1. The van der Waals surface area contributed by atoms with E-state index in [1.54, 1.807) is 0 Å². The van der Waals surface area contributed by atoms with Crippen LogP contribution in [0.2, 0.25) is 0 Å². The highest BCUT2D eigenvalue weighted by atomic mass is 15.3. The SMILES string of the molecule is Cc1cc(-c2ccc(N3CCC(N4CCNCC4)CC3)nc2N(C)C)cn2ccnc12. The molecule has 0 radical (unpaired) electrons. The highest BCUT2D eigenvalue weighted by Gasteiger charge is 2.26. The number of piperazine rings is 1. The summed E-state index contributed by atoms with van der Waals surface area (Å²) in [5, 5.41) is 3.46. The number of pyridine rings is 2. The van der Waals surface area contributed by atoms with Crippen LogP contribution >= 0.6 is 0 Å². The van der Waals surface area contributed by atoms with Crippen molar-refractivity contribution < 1.29 is 0 Å². The monoisotopic (exact) mass is 419 g/mol. The standard InChI is InChI=1S/C24H33N7/c1-18-16-19(17-31-15-10-26-23(18)31)21-4-5-22(27-24(21)28(2)3)30-11-6-20(7-12-30)29-13-8-25-9-14-29/h4-5,10,15-17,20,25H,6-9,11-14H2,1-3H3. The Hall–Kier alpha value is -2.64. The molecule has 0 aromatic carbocycles. The number of fused-ring (bicyclic) bond motifs is 1. The fraction of sp³-hybridized carbons (Fsp3) is 0.500. The molecular formula is C24H33N7. The van der Waals surface area contributed by atoms with Crippen LogP contribution in [0.15, 0.2) is 36.8 Å². The first-order chi connectivity index (χ1) is 15.1. The van der Waals surface area contributed by atoms with E-state index in [-0.39, 0.29) is 0 Å². The van der Waals surface area contributed by atoms with Gasteiger partial charge in [0, 0.05) is 89.1 Å². The van der Waals surface area contributed by atoms with Crippen molar-refractivity contribution in [2.24, 2.45) is 0 Å². The van der Waals surface area contributed by atoms with Gasteiger partial charge in [0.15, 0.2) is 0 Å². The predicted octanol–water partition coefficient (Wildman–Crippen LogP) is 2.64. The van der Waals surface area contributed by atoms with Crippen LogP contribution in [-0.2, 0) is 0 Å². The van der Waals surface area contributed by atoms with E-state index in [4.69, 9.17) is 4.98 Å². The van der Waals surface area contributed by atoms with Crippen molar-refractivity contribution >= 4 is 17.3 Å². The second kappa shape index (κ2) is 8.48. The molecule has 0 aliphatic carbocycles. The van der Waals surface area contributed by atoms with Crippen molar-refractivity contribution in [3.63, 3.8) is 0 Å². The number of aromatic nitrogens is 3. The molecule has 0 saturated carbocycles. The fourth-order valence-electron chi connectivity index (χ4n) is 5.04. The summed E-state index contributed by atoms with van der Waals surface area (Å²) in [6.45, 7) is 8.89. The van der Waals surface area contributed by atoms with Gasteiger partial charge in [-0.3, -0.25) is 4.90 Å². The lowest BCUT2D eigenvalue weighted by atomic mass is 10.0. The van der Waals surface area contributed by atoms with Gasteiger partial charge in [0.2, 0.25) is 0 Å². The molecule has 7 nitrogen and oxygen atoms in total. The van der Waals surface area contributed by atoms with Crippen molar-refractivity contribution in [2.45, 2.75) is 25.8 Å². The molecule has 3 aromatic heterocycles. The molecule has 164 valence electrons. The smallest absolute Gasteiger partial charge is 0.139 e. The maximum Gasteiger partial charge on any atom is 0.139 e. The van der Waals surface area contributed by atoms with Crippen LogP contribution < -0.4 is 15.1 Å². The molecule has 2 aliphatic heterocycles. The van der Waals surface area contributed by atoms with E-state index in [2.05, 4.69) is 74.8 Å². The number of hydrogen-bond donors (Lipinski definition) is 1. The Morgan fingerprint density at radius 3 is 2.58 bits per heavy atom. The van der Waals surface area contributed by atoms with Crippen molar-refractivity contribution in [1.29, 1.82) is 0 Å². The van der Waals surface area contributed by atoms with E-state index in [0.29, 0.717) is 0 Å². The molecule has 0 amide bonds. The van der Waals surface area contributed by atoms with Crippen molar-refractivity contribution in [3.05, 3.63) is 42.4 Å². The summed E-state index contributed by atoms with van der Waals surface area (Å²) in [6.07, 6.45) is 8.45. The van der Waals surface area contributed by atoms with Gasteiger partial charge in [-0.25, -0.2) is 9.97 Å². The summed E-state index contributed by atoms with van der Waals surface area (Å²) in [4.78, 5) is 16.8. The molecular weight excluding hydrogens is 386 g/mol. The van der Waals surface area contributed by atoms with Crippen LogP contribution in [0.3, 0.4) is 0 Å². The average molecular weight is 420 g/mol. The Morgan fingerprint density at radius 2 is 1.84 bits per heavy atom. The first-order valence-corrected chi connectivity index (χ1v) is 11.4. The number of hydrogen-bond acceptors (Lipinski definition) is 6. The van der Waals surface area contributed by atoms with Crippen LogP contribution in [0, 0.1) is 6.92 Å². The van der Waals surface area contributed by atoms with E-state index in [1.807, 2.05) is 12.4 Å². The third-order valence-corrected chi connectivity index (χ3v) is 6.72. The highest BCUT2D eigenvalue weighted by Crippen LogP contribution is 2.32. The molecule has 1 N–H and O–H groups in total. The lowest BCUT2D eigenvalue weighted by Gasteiger charge is -2.40. The second-order valence-corrected chi connectivity index (χ2v) is 9.01. The zero-order valence-corrected chi connectivity index (χ0v) is 18.9. The summed E-state index contributed by atoms with van der Waals surface area (Å²) in [5.41, 5.74) is 4.50. The Bertz CT molecular complexity index is 1040. The number of anilines is 2. The van der Waals surface area contributed by atoms with Crippen LogP contribution in [0.4, 0.5) is 11.6 Å². The normalized spacial score (nSPS) is 18.6. The number of piperidine rings is 1. The average Bonchev–Trinajstić information content (AvgIpc) is 3.29. The molecule has 5 heterocycles. The maximum atomic E-state index is 5.11. The Labute approximate surface area is 184 Å². The van der Waals surface area contributed by atoms with E-state index < -0.39 is 0 Å². The lowest BCUT2D eigenvalue weighted by molar-refractivity contribution is 0.150. The molecule has 2 aliphatic rings. The van der Waals surface area contributed by atoms with Gasteiger partial charge in [-0.05, 0) is 43.5 Å². The molecule has 0 unspecified atom stereocenters. The second-order valence-electron chi connectivity index (χ2n) is 9.01. The van der Waals surface area contributed by atoms with Crippen molar-refractivity contribution in [1.82, 2.24) is 24.6 Å². The molecule has 7 heteroatoms. The Kier molecular flexibility index (Phi) is 5.54. The van der Waals surface area contributed by atoms with Gasteiger partial charge in [-0.2, -0.15) is 0 Å². The summed E-state index contributed by atoms with van der Waals surface area (Å²) < 4.78 is 2.10. The van der Waals surface area contributed by atoms with Gasteiger partial charge in [-0.1, -0.05) is 0 Å². The van der Waals surface area contributed by atoms with Crippen molar-refractivity contribution in [2.75, 3.05) is 63.2 Å². The van der Waals surface area contributed by atoms with Gasteiger partial charge < -0.3 is 19.5 Å². The van der Waals surface area contributed by atoms with Crippen molar-refractivity contribution in [3.8, 4) is 11.1 Å². The van der Waals surface area contributed by atoms with Crippen LogP contribution in [0.25, 0.3) is 16.8 Å². The number of rotatable bonds is 4. The topological polar surface area (TPSA) is 51.9 Å². The minimum absolute atomic E-state index is 0.718. The summed E-state index contributed by atoms with van der Waals surface area (Å²) >= 11 is 0. The van der Waals surface area contributed by atoms with Gasteiger partial charge in [0.1, 0.15) is 17.3 Å². The predicted molar refractivity (Wildman–Crippen MR) is 127 cm³/mol. The largest absolute Gasteiger partial charge is 0.362 e. The molecule has 3 aromatic rings. The van der Waals surface area contributed by atoms with E-state index >= 15 is 0 Å². The van der Waals surface area contributed by atoms with Crippen LogP contribution in [-0.4, -0.2) is 78.7 Å². The van der Waals surface area contributed by atoms with E-state index in [1.165, 1.54) is 37.1 Å². The minimum Gasteiger partial charge on any atom is -0.362 e. The summed E-state index contributed by atoms with van der Waals surface area (Å²) in [6, 6.07) is 7.36. The van der Waals surface area contributed by atoms with Gasteiger partial charge >= 0.3 is 0 Å². The first kappa shape index (κ1) is 20.3. The molecule has 0 bridgehead atoms. The van der Waals surface area contributed by atoms with E-state index in [0.717, 1.165) is 55.1 Å². The lowest BCUT2D eigenvalue weighted by Crippen LogP contribution is -2.52. The quantitative estimate of drug-likeness (QED) is 0.702. The Balaban J connectivity index is 1.38. The third-order valence-electron chi connectivity index (χ3n) is 6.72. The summed E-state index contributed by atoms with van der Waals surface area (Å²) in [5.74, 6) is 2.10. The first-order valence-electron chi connectivity index (χ1n) is 11.4. The van der Waals surface area contributed by atoms with E-state index in [9.17, 15) is 0 Å². The van der Waals surface area contributed by atoms with Gasteiger partial charge in [-0.15, -0.1) is 0 Å². The van der Waals surface area contributed by atoms with Gasteiger partial charge in [0.05, 0.1) is 0 Å². The van der Waals surface area contributed by atoms with Gasteiger partial charge in [0.25, 0.3) is 0 Å². The third kappa shape index (κ3) is 4.00. The molecule has 31 heavy (non-hydrogen) atoms. The van der Waals surface area contributed by atoms with Crippen LogP contribution in [0.5, 0.6) is 0 Å². The zero-order valence-electron chi connectivity index (χ0n) is 18.9. The highest BCUT2D eigenvalue weighted by molar-refractivity contribution is 5.78. The minimum atomic E-state index is 0.718. The maximum absolute atomic E-state index is 5.11. The van der Waals surface area contributed by atoms with Crippen LogP contribution in [0.1, 0.15) is 18.4 Å².